The summed E-state index contributed by atoms with van der Waals surface area (Å²) in [5.41, 5.74) is 8.40. The molecule has 1 aromatic heterocycles. The molecule has 20 heavy (non-hydrogen) atoms. The summed E-state index contributed by atoms with van der Waals surface area (Å²) < 4.78 is 0. The molecule has 2 N–H and O–H groups in total. The third-order valence-electron chi connectivity index (χ3n) is 4.04. The van der Waals surface area contributed by atoms with Crippen molar-refractivity contribution in [2.24, 2.45) is 5.73 Å². The van der Waals surface area contributed by atoms with Crippen molar-refractivity contribution >= 4 is 5.82 Å². The molecule has 3 nitrogen and oxygen atoms in total. The normalized spacial score (nSPS) is 18.4. The summed E-state index contributed by atoms with van der Waals surface area (Å²) in [7, 11) is 0. The number of pyridine rings is 1. The fraction of sp³-hybridized carbons (Fsp3) is 0.353. The van der Waals surface area contributed by atoms with E-state index in [1.165, 1.54) is 17.5 Å². The summed E-state index contributed by atoms with van der Waals surface area (Å²) in [4.78, 5) is 6.98. The summed E-state index contributed by atoms with van der Waals surface area (Å²) in [6.45, 7) is 2.81. The van der Waals surface area contributed by atoms with Crippen molar-refractivity contribution in [1.82, 2.24) is 4.98 Å². The zero-order chi connectivity index (χ0) is 13.8. The number of aromatic nitrogens is 1. The lowest BCUT2D eigenvalue weighted by Crippen LogP contribution is -2.22. The summed E-state index contributed by atoms with van der Waals surface area (Å²) in [5, 5.41) is 0. The predicted octanol–water partition coefficient (Wildman–Crippen LogP) is 2.58. The van der Waals surface area contributed by atoms with Gasteiger partial charge in [-0.2, -0.15) is 0 Å². The van der Waals surface area contributed by atoms with Gasteiger partial charge in [-0.1, -0.05) is 36.4 Å². The number of rotatable bonds is 4. The van der Waals surface area contributed by atoms with Crippen LogP contribution in [0.1, 0.15) is 23.5 Å². The average Bonchev–Trinajstić information content (AvgIpc) is 2.99. The molecule has 1 fully saturated rings. The first kappa shape index (κ1) is 13.1. The quantitative estimate of drug-likeness (QED) is 0.925. The minimum atomic E-state index is 0.615. The lowest BCUT2D eigenvalue weighted by molar-refractivity contribution is 0.773. The zero-order valence-corrected chi connectivity index (χ0v) is 11.7. The lowest BCUT2D eigenvalue weighted by Gasteiger charge is -2.20. The van der Waals surface area contributed by atoms with E-state index in [1.54, 1.807) is 0 Å². The van der Waals surface area contributed by atoms with Crippen molar-refractivity contribution in [2.45, 2.75) is 18.8 Å². The van der Waals surface area contributed by atoms with Crippen molar-refractivity contribution in [3.05, 3.63) is 59.8 Å². The van der Waals surface area contributed by atoms with Crippen molar-refractivity contribution < 1.29 is 0 Å². The van der Waals surface area contributed by atoms with Gasteiger partial charge in [0.25, 0.3) is 0 Å². The smallest absolute Gasteiger partial charge is 0.131 e. The molecule has 0 bridgehead atoms. The minimum Gasteiger partial charge on any atom is -0.356 e. The van der Waals surface area contributed by atoms with Gasteiger partial charge in [-0.05, 0) is 36.6 Å². The molecule has 1 aliphatic heterocycles. The highest BCUT2D eigenvalue weighted by Crippen LogP contribution is 2.31. The molecule has 0 saturated carbocycles. The highest BCUT2D eigenvalue weighted by Gasteiger charge is 2.25. The molecular formula is C17H21N3. The Morgan fingerprint density at radius 3 is 2.80 bits per heavy atom. The van der Waals surface area contributed by atoms with Gasteiger partial charge in [0.2, 0.25) is 0 Å². The third kappa shape index (κ3) is 2.68. The molecule has 3 heteroatoms. The van der Waals surface area contributed by atoms with Crippen LogP contribution in [0.15, 0.2) is 48.7 Å². The molecule has 0 spiro atoms. The Hall–Kier alpha value is -1.87. The Morgan fingerprint density at radius 2 is 2.00 bits per heavy atom. The Labute approximate surface area is 120 Å². The molecule has 3 rings (SSSR count). The molecule has 0 radical (unpaired) electrons. The molecular weight excluding hydrogens is 246 g/mol. The van der Waals surface area contributed by atoms with Crippen LogP contribution in [0.2, 0.25) is 0 Å². The summed E-state index contributed by atoms with van der Waals surface area (Å²) >= 11 is 0. The number of hydrogen-bond acceptors (Lipinski definition) is 3. The highest BCUT2D eigenvalue weighted by atomic mass is 15.2. The third-order valence-corrected chi connectivity index (χ3v) is 4.04. The first-order chi connectivity index (χ1) is 9.88. The Kier molecular flexibility index (Phi) is 3.97. The SMILES string of the molecule is NCCc1cccnc1N1CCC(c2ccccc2)C1. The Balaban J connectivity index is 1.77. The van der Waals surface area contributed by atoms with E-state index >= 15 is 0 Å². The molecule has 1 aliphatic rings. The van der Waals surface area contributed by atoms with E-state index in [0.717, 1.165) is 25.3 Å². The van der Waals surface area contributed by atoms with Gasteiger partial charge in [-0.3, -0.25) is 0 Å². The van der Waals surface area contributed by atoms with Gasteiger partial charge in [-0.25, -0.2) is 4.98 Å². The van der Waals surface area contributed by atoms with E-state index in [2.05, 4.69) is 46.3 Å². The minimum absolute atomic E-state index is 0.615. The van der Waals surface area contributed by atoms with Crippen molar-refractivity contribution in [1.29, 1.82) is 0 Å². The van der Waals surface area contributed by atoms with Gasteiger partial charge < -0.3 is 10.6 Å². The Morgan fingerprint density at radius 1 is 1.15 bits per heavy atom. The number of benzene rings is 1. The fourth-order valence-corrected chi connectivity index (χ4v) is 3.02. The first-order valence-electron chi connectivity index (χ1n) is 7.32. The van der Waals surface area contributed by atoms with Gasteiger partial charge in [0, 0.05) is 25.2 Å². The maximum absolute atomic E-state index is 5.70. The van der Waals surface area contributed by atoms with Crippen LogP contribution in [-0.4, -0.2) is 24.6 Å². The van der Waals surface area contributed by atoms with Crippen LogP contribution in [0.4, 0.5) is 5.82 Å². The van der Waals surface area contributed by atoms with Gasteiger partial charge >= 0.3 is 0 Å². The van der Waals surface area contributed by atoms with Crippen LogP contribution in [0, 0.1) is 0 Å². The van der Waals surface area contributed by atoms with Crippen LogP contribution in [0.3, 0.4) is 0 Å². The topological polar surface area (TPSA) is 42.1 Å². The predicted molar refractivity (Wildman–Crippen MR) is 83.0 cm³/mol. The van der Waals surface area contributed by atoms with Crippen molar-refractivity contribution in [3.8, 4) is 0 Å². The van der Waals surface area contributed by atoms with E-state index in [-0.39, 0.29) is 0 Å². The van der Waals surface area contributed by atoms with Crippen LogP contribution >= 0.6 is 0 Å². The Bertz CT molecular complexity index is 553. The fourth-order valence-electron chi connectivity index (χ4n) is 3.02. The van der Waals surface area contributed by atoms with Gasteiger partial charge in [-0.15, -0.1) is 0 Å². The summed E-state index contributed by atoms with van der Waals surface area (Å²) in [6, 6.07) is 14.9. The van der Waals surface area contributed by atoms with E-state index in [9.17, 15) is 0 Å². The van der Waals surface area contributed by atoms with E-state index in [0.29, 0.717) is 12.5 Å². The van der Waals surface area contributed by atoms with Gasteiger partial charge in [0.15, 0.2) is 0 Å². The van der Waals surface area contributed by atoms with E-state index < -0.39 is 0 Å². The maximum atomic E-state index is 5.70. The second-order valence-electron chi connectivity index (χ2n) is 5.37. The van der Waals surface area contributed by atoms with E-state index in [4.69, 9.17) is 5.73 Å². The standard InChI is InChI=1S/C17H21N3/c18-10-8-15-7-4-11-19-17(15)20-12-9-16(13-20)14-5-2-1-3-6-14/h1-7,11,16H,8-10,12-13,18H2. The van der Waals surface area contributed by atoms with Crippen LogP contribution in [0.25, 0.3) is 0 Å². The molecule has 0 aliphatic carbocycles. The maximum Gasteiger partial charge on any atom is 0.131 e. The van der Waals surface area contributed by atoms with Crippen LogP contribution in [-0.2, 0) is 6.42 Å². The number of nitrogens with two attached hydrogens (primary N) is 1. The summed E-state index contributed by atoms with van der Waals surface area (Å²) in [6.07, 6.45) is 3.98. The molecule has 0 amide bonds. The molecule has 1 aromatic carbocycles. The van der Waals surface area contributed by atoms with Crippen LogP contribution in [0.5, 0.6) is 0 Å². The van der Waals surface area contributed by atoms with Gasteiger partial charge in [0.1, 0.15) is 5.82 Å². The molecule has 2 aromatic rings. The lowest BCUT2D eigenvalue weighted by atomic mass is 9.99. The van der Waals surface area contributed by atoms with Crippen LogP contribution < -0.4 is 10.6 Å². The molecule has 1 atom stereocenters. The van der Waals surface area contributed by atoms with Crippen molar-refractivity contribution in [2.75, 3.05) is 24.5 Å². The molecule has 2 heterocycles. The largest absolute Gasteiger partial charge is 0.356 e. The monoisotopic (exact) mass is 267 g/mol. The van der Waals surface area contributed by atoms with Gasteiger partial charge in [0.05, 0.1) is 0 Å². The molecule has 104 valence electrons. The molecule has 1 saturated heterocycles. The number of hydrogen-bond donors (Lipinski definition) is 1. The zero-order valence-electron chi connectivity index (χ0n) is 11.7. The van der Waals surface area contributed by atoms with Crippen molar-refractivity contribution in [3.63, 3.8) is 0 Å². The summed E-state index contributed by atoms with van der Waals surface area (Å²) in [5.74, 6) is 1.74. The molecule has 1 unspecified atom stereocenters. The second-order valence-corrected chi connectivity index (χ2v) is 5.37. The highest BCUT2D eigenvalue weighted by molar-refractivity contribution is 5.48. The second kappa shape index (κ2) is 6.06. The average molecular weight is 267 g/mol. The number of anilines is 1. The van der Waals surface area contributed by atoms with E-state index in [1.807, 2.05) is 12.3 Å². The first-order valence-corrected chi connectivity index (χ1v) is 7.32. The number of nitrogens with zero attached hydrogens (tertiary/aromatic N) is 2.